The van der Waals surface area contributed by atoms with Crippen LogP contribution < -0.4 is 4.89 Å². The van der Waals surface area contributed by atoms with Gasteiger partial charge in [0.15, 0.2) is 5.78 Å². The molecule has 0 radical (unpaired) electrons. The minimum absolute atomic E-state index is 0.0257. The fourth-order valence-corrected chi connectivity index (χ4v) is 1.25. The number of ketones is 1. The van der Waals surface area contributed by atoms with Crippen LogP contribution in [0.1, 0.15) is 6.92 Å². The maximum atomic E-state index is 11.2. The minimum atomic E-state index is -4.53. The second-order valence-corrected chi connectivity index (χ2v) is 6.14. The average molecular weight is 281 g/mol. The number of Topliss-reactive ketones (excluding diaryl/α,β-unsaturated/α-hetero) is 1. The summed E-state index contributed by atoms with van der Waals surface area (Å²) in [5.74, 6) is -0.443. The minimum Gasteiger partial charge on any atom is -0.754 e. The van der Waals surface area contributed by atoms with Gasteiger partial charge < -0.3 is 13.9 Å². The van der Waals surface area contributed by atoms with E-state index in [2.05, 4.69) is 20.7 Å². The van der Waals surface area contributed by atoms with E-state index in [1.165, 1.54) is 6.92 Å². The number of quaternary nitrogens is 1. The Morgan fingerprint density at radius 3 is 2.39 bits per heavy atom. The molecule has 0 aromatic rings. The molecule has 0 fully saturated rings. The zero-order chi connectivity index (χ0) is 14.4. The Labute approximate surface area is 107 Å². The molecule has 0 aliphatic rings. The maximum absolute atomic E-state index is 11.2. The van der Waals surface area contributed by atoms with Gasteiger partial charge in [0, 0.05) is 0 Å². The van der Waals surface area contributed by atoms with Crippen molar-refractivity contribution in [2.45, 2.75) is 6.92 Å². The summed E-state index contributed by atoms with van der Waals surface area (Å²) in [5.41, 5.74) is 0.255. The first-order valence-electron chi connectivity index (χ1n) is 5.29. The van der Waals surface area contributed by atoms with E-state index < -0.39 is 20.2 Å². The van der Waals surface area contributed by atoms with Crippen molar-refractivity contribution in [3.63, 3.8) is 0 Å². The molecule has 1 unspecified atom stereocenters. The van der Waals surface area contributed by atoms with Gasteiger partial charge in [-0.15, -0.1) is 0 Å². The van der Waals surface area contributed by atoms with Gasteiger partial charge in [-0.1, -0.05) is 6.58 Å². The molecule has 0 aromatic carbocycles. The molecular weight excluding hydrogens is 261 g/mol. The maximum Gasteiger partial charge on any atom is 0.298 e. The summed E-state index contributed by atoms with van der Waals surface area (Å²) >= 11 is 0. The van der Waals surface area contributed by atoms with E-state index in [0.717, 1.165) is 0 Å². The van der Waals surface area contributed by atoms with Crippen molar-refractivity contribution in [3.05, 3.63) is 12.2 Å². The third-order valence-electron chi connectivity index (χ3n) is 1.82. The quantitative estimate of drug-likeness (QED) is 0.198. The van der Waals surface area contributed by atoms with Gasteiger partial charge in [-0.3, -0.25) is 9.36 Å². The predicted molar refractivity (Wildman–Crippen MR) is 63.3 cm³/mol. The first kappa shape index (κ1) is 17.4. The first-order valence-corrected chi connectivity index (χ1v) is 6.75. The van der Waals surface area contributed by atoms with E-state index in [1.807, 2.05) is 21.1 Å². The van der Waals surface area contributed by atoms with Crippen LogP contribution >= 0.6 is 7.82 Å². The Bertz CT molecular complexity index is 349. The molecule has 18 heavy (non-hydrogen) atoms. The Morgan fingerprint density at radius 2 is 1.94 bits per heavy atom. The molecule has 8 heteroatoms. The molecular formula is C10H20NO6P. The number of phosphoric ester groups is 1. The van der Waals surface area contributed by atoms with Crippen LogP contribution in [0, 0.1) is 0 Å². The molecule has 106 valence electrons. The number of likely N-dealkylation sites (N-methyl/N-ethyl adjacent to an activating group) is 1. The lowest BCUT2D eigenvalue weighted by Gasteiger charge is -2.26. The highest BCUT2D eigenvalue weighted by Crippen LogP contribution is 2.38. The van der Waals surface area contributed by atoms with Crippen molar-refractivity contribution in [1.82, 2.24) is 0 Å². The van der Waals surface area contributed by atoms with E-state index in [4.69, 9.17) is 0 Å². The zero-order valence-corrected chi connectivity index (χ0v) is 12.1. The first-order chi connectivity index (χ1) is 8.03. The Hall–Kier alpha value is -0.560. The Morgan fingerprint density at radius 1 is 1.39 bits per heavy atom. The van der Waals surface area contributed by atoms with Crippen molar-refractivity contribution in [2.24, 2.45) is 0 Å². The van der Waals surface area contributed by atoms with E-state index in [-0.39, 0.29) is 12.2 Å². The van der Waals surface area contributed by atoms with Crippen LogP contribution in [0.15, 0.2) is 12.2 Å². The smallest absolute Gasteiger partial charge is 0.298 e. The molecule has 0 aromatic heterocycles. The number of carbonyl (C=O) groups is 1. The second-order valence-electron chi connectivity index (χ2n) is 4.83. The fourth-order valence-electron chi connectivity index (χ4n) is 0.716. The summed E-state index contributed by atoms with van der Waals surface area (Å²) in [6, 6.07) is 0. The predicted octanol–water partition coefficient (Wildman–Crippen LogP) is 0.271. The largest absolute Gasteiger partial charge is 0.754 e. The molecule has 0 saturated heterocycles. The van der Waals surface area contributed by atoms with Gasteiger partial charge in [-0.05, 0) is 12.5 Å². The van der Waals surface area contributed by atoms with Crippen LogP contribution in [0.25, 0.3) is 0 Å². The summed E-state index contributed by atoms with van der Waals surface area (Å²) in [7, 11) is 1.14. The molecule has 7 nitrogen and oxygen atoms in total. The summed E-state index contributed by atoms with van der Waals surface area (Å²) in [4.78, 5) is 26.5. The third kappa shape index (κ3) is 9.47. The monoisotopic (exact) mass is 281 g/mol. The van der Waals surface area contributed by atoms with Crippen LogP contribution in [0.2, 0.25) is 0 Å². The van der Waals surface area contributed by atoms with Crippen LogP contribution in [0.5, 0.6) is 0 Å². The van der Waals surface area contributed by atoms with Crippen molar-refractivity contribution in [2.75, 3.05) is 40.9 Å². The molecule has 0 heterocycles. The lowest BCUT2D eigenvalue weighted by atomic mass is 10.2. The van der Waals surface area contributed by atoms with Gasteiger partial charge in [0.25, 0.3) is 7.82 Å². The van der Waals surface area contributed by atoms with Crippen LogP contribution in [0.4, 0.5) is 0 Å². The van der Waals surface area contributed by atoms with Crippen molar-refractivity contribution in [1.29, 1.82) is 0 Å². The van der Waals surface area contributed by atoms with Crippen molar-refractivity contribution >= 4 is 13.6 Å². The summed E-state index contributed by atoms with van der Waals surface area (Å²) in [6.07, 6.45) is 0. The van der Waals surface area contributed by atoms with Gasteiger partial charge in [0.1, 0.15) is 19.8 Å². The average Bonchev–Trinajstić information content (AvgIpc) is 2.14. The normalized spacial score (nSPS) is 15.2. The van der Waals surface area contributed by atoms with E-state index in [0.29, 0.717) is 11.0 Å². The number of hydrogen-bond donors (Lipinski definition) is 0. The molecule has 0 spiro atoms. The highest BCUT2D eigenvalue weighted by molar-refractivity contribution is 7.45. The Balaban J connectivity index is 3.91. The van der Waals surface area contributed by atoms with Gasteiger partial charge in [0.2, 0.25) is 0 Å². The third-order valence-corrected chi connectivity index (χ3v) is 2.61. The molecule has 0 rings (SSSR count). The molecule has 1 atom stereocenters. The number of hydrogen-bond acceptors (Lipinski definition) is 6. The molecule has 0 aliphatic carbocycles. The Kier molecular flexibility index (Phi) is 6.91. The molecule has 0 N–H and O–H groups in total. The lowest BCUT2D eigenvalue weighted by Crippen LogP contribution is -2.37. The second kappa shape index (κ2) is 7.13. The van der Waals surface area contributed by atoms with E-state index in [1.54, 1.807) is 0 Å². The van der Waals surface area contributed by atoms with Crippen LogP contribution in [0.3, 0.4) is 0 Å². The van der Waals surface area contributed by atoms with E-state index >= 15 is 0 Å². The van der Waals surface area contributed by atoms with Gasteiger partial charge in [0.05, 0.1) is 21.1 Å². The number of phosphoric acid groups is 1. The SMILES string of the molecule is C=C(C)C(=O)COOP(=O)([O-])OCC[N+](C)(C)C. The van der Waals surface area contributed by atoms with E-state index in [9.17, 15) is 14.3 Å². The highest BCUT2D eigenvalue weighted by atomic mass is 31.2. The highest BCUT2D eigenvalue weighted by Gasteiger charge is 2.15. The van der Waals surface area contributed by atoms with Crippen LogP contribution in [-0.4, -0.2) is 51.2 Å². The van der Waals surface area contributed by atoms with Gasteiger partial charge in [-0.2, -0.15) is 4.67 Å². The fraction of sp³-hybridized carbons (Fsp3) is 0.700. The van der Waals surface area contributed by atoms with Gasteiger partial charge in [-0.25, -0.2) is 4.89 Å². The van der Waals surface area contributed by atoms with Gasteiger partial charge >= 0.3 is 0 Å². The summed E-state index contributed by atoms with van der Waals surface area (Å²) in [5, 5.41) is 0. The topological polar surface area (TPSA) is 84.9 Å². The van der Waals surface area contributed by atoms with Crippen molar-refractivity contribution < 1.29 is 32.8 Å². The lowest BCUT2D eigenvalue weighted by molar-refractivity contribution is -0.870. The molecule has 0 bridgehead atoms. The number of rotatable bonds is 9. The number of nitrogens with zero attached hydrogens (tertiary/aromatic N) is 1. The standard InChI is InChI=1S/C10H20NO6P/c1-9(2)10(12)8-15-17-18(13,14)16-7-6-11(3,4)5/h1,6-8H2,2-5H3. The number of carbonyl (C=O) groups excluding carboxylic acids is 1. The van der Waals surface area contributed by atoms with Crippen LogP contribution in [-0.2, 0) is 23.4 Å². The summed E-state index contributed by atoms with van der Waals surface area (Å²) < 4.78 is 20.4. The molecule has 0 aliphatic heterocycles. The molecule has 0 saturated carbocycles. The van der Waals surface area contributed by atoms with Crippen molar-refractivity contribution in [3.8, 4) is 0 Å². The summed E-state index contributed by atoms with van der Waals surface area (Å²) in [6.45, 7) is 4.81. The zero-order valence-electron chi connectivity index (χ0n) is 11.2. The molecule has 0 amide bonds.